The number of halogens is 1. The first-order chi connectivity index (χ1) is 13.2. The van der Waals surface area contributed by atoms with Gasteiger partial charge in [-0.05, 0) is 25.3 Å². The Morgan fingerprint density at radius 1 is 1.00 bits per heavy atom. The molecule has 28 heavy (non-hydrogen) atoms. The van der Waals surface area contributed by atoms with Gasteiger partial charge in [0.2, 0.25) is 0 Å². The van der Waals surface area contributed by atoms with Gasteiger partial charge >= 0.3 is 0 Å². The fraction of sp³-hybridized carbons (Fsp3) is 0.235. The number of hydrogen-bond donors (Lipinski definition) is 0. The third kappa shape index (κ3) is 2.88. The molecule has 0 spiro atoms. The topological polar surface area (TPSA) is 87.6 Å². The molecule has 0 N–H and O–H groups in total. The summed E-state index contributed by atoms with van der Waals surface area (Å²) in [5.74, 6) is 0. The normalized spacial score (nSPS) is 12.0. The van der Waals surface area contributed by atoms with E-state index in [0.717, 1.165) is 15.4 Å². The van der Waals surface area contributed by atoms with Crippen molar-refractivity contribution < 1.29 is 8.42 Å². The number of hydrogen-bond acceptors (Lipinski definition) is 6. The molecule has 0 aliphatic heterocycles. The van der Waals surface area contributed by atoms with Crippen LogP contribution in [0.2, 0.25) is 5.02 Å². The van der Waals surface area contributed by atoms with Crippen molar-refractivity contribution in [2.75, 3.05) is 0 Å². The number of thiophene rings is 1. The molecule has 0 radical (unpaired) electrons. The van der Waals surface area contributed by atoms with Gasteiger partial charge in [-0.1, -0.05) is 17.7 Å². The van der Waals surface area contributed by atoms with Crippen molar-refractivity contribution in [3.63, 3.8) is 0 Å². The molecule has 0 aromatic carbocycles. The lowest BCUT2D eigenvalue weighted by molar-refractivity contribution is 0.583. The fourth-order valence-electron chi connectivity index (χ4n) is 3.11. The number of aromatic nitrogens is 6. The maximum absolute atomic E-state index is 13.3. The Labute approximate surface area is 171 Å². The van der Waals surface area contributed by atoms with Gasteiger partial charge in [-0.15, -0.1) is 11.3 Å². The van der Waals surface area contributed by atoms with Gasteiger partial charge in [0.05, 0.1) is 16.4 Å². The summed E-state index contributed by atoms with van der Waals surface area (Å²) in [7, 11) is -0.366. The van der Waals surface area contributed by atoms with Gasteiger partial charge in [0, 0.05) is 37.6 Å². The number of rotatable bonds is 4. The van der Waals surface area contributed by atoms with E-state index < -0.39 is 10.0 Å². The minimum Gasteiger partial charge on any atom is -0.275 e. The van der Waals surface area contributed by atoms with Crippen molar-refractivity contribution >= 4 is 33.0 Å². The lowest BCUT2D eigenvalue weighted by Gasteiger charge is -2.06. The summed E-state index contributed by atoms with van der Waals surface area (Å²) in [5.41, 5.74) is 3.30. The van der Waals surface area contributed by atoms with E-state index in [2.05, 4.69) is 15.3 Å². The molecule has 0 fully saturated rings. The molecule has 0 amide bonds. The lowest BCUT2D eigenvalue weighted by atomic mass is 10.1. The van der Waals surface area contributed by atoms with Gasteiger partial charge in [-0.3, -0.25) is 9.36 Å². The van der Waals surface area contributed by atoms with Gasteiger partial charge < -0.3 is 0 Å². The predicted octanol–water partition coefficient (Wildman–Crippen LogP) is 3.25. The molecule has 0 aliphatic rings. The van der Waals surface area contributed by atoms with E-state index in [-0.39, 0.29) is 9.23 Å². The van der Waals surface area contributed by atoms with Crippen molar-refractivity contribution in [2.45, 2.75) is 18.1 Å². The monoisotopic (exact) mass is 436 g/mol. The highest BCUT2D eigenvalue weighted by Gasteiger charge is 2.31. The van der Waals surface area contributed by atoms with E-state index in [1.54, 1.807) is 60.3 Å². The predicted molar refractivity (Wildman–Crippen MR) is 108 cm³/mol. The average molecular weight is 437 g/mol. The van der Waals surface area contributed by atoms with E-state index in [1.807, 2.05) is 6.92 Å². The molecule has 4 rings (SSSR count). The average Bonchev–Trinajstić information content (AvgIpc) is 3.36. The molecule has 0 atom stereocenters. The lowest BCUT2D eigenvalue weighted by Crippen LogP contribution is -2.15. The zero-order valence-corrected chi connectivity index (χ0v) is 18.0. The van der Waals surface area contributed by atoms with Crippen LogP contribution >= 0.6 is 22.9 Å². The number of nitrogens with zero attached hydrogens (tertiary/aromatic N) is 6. The third-order valence-electron chi connectivity index (χ3n) is 4.31. The molecule has 0 bridgehead atoms. The SMILES string of the molecule is Cc1nn(C)cc1-c1nn(S(=O)(=O)c2cccs2)c(-c2cn(C)nc2C)c1Cl. The van der Waals surface area contributed by atoms with Crippen LogP contribution < -0.4 is 0 Å². The molecule has 0 saturated heterocycles. The zero-order chi connectivity index (χ0) is 20.2. The quantitative estimate of drug-likeness (QED) is 0.490. The summed E-state index contributed by atoms with van der Waals surface area (Å²) in [6, 6.07) is 3.23. The maximum atomic E-state index is 13.3. The summed E-state index contributed by atoms with van der Waals surface area (Å²) < 4.78 is 31.0. The smallest absolute Gasteiger partial charge is 0.275 e. The summed E-state index contributed by atoms with van der Waals surface area (Å²) in [4.78, 5) is 0. The highest BCUT2D eigenvalue weighted by atomic mass is 35.5. The molecule has 146 valence electrons. The van der Waals surface area contributed by atoms with Crippen molar-refractivity contribution in [2.24, 2.45) is 14.1 Å². The van der Waals surface area contributed by atoms with Crippen LogP contribution in [0, 0.1) is 13.8 Å². The van der Waals surface area contributed by atoms with E-state index in [1.165, 1.54) is 0 Å². The highest BCUT2D eigenvalue weighted by molar-refractivity contribution is 7.92. The summed E-state index contributed by atoms with van der Waals surface area (Å²) >= 11 is 7.84. The molecule has 4 aromatic heterocycles. The Bertz CT molecular complexity index is 1280. The first-order valence-corrected chi connectivity index (χ1v) is 11.0. The summed E-state index contributed by atoms with van der Waals surface area (Å²) in [6.45, 7) is 3.63. The van der Waals surface area contributed by atoms with Crippen LogP contribution in [0.1, 0.15) is 11.4 Å². The van der Waals surface area contributed by atoms with Crippen LogP contribution in [0.15, 0.2) is 34.1 Å². The zero-order valence-electron chi connectivity index (χ0n) is 15.6. The van der Waals surface area contributed by atoms with Crippen molar-refractivity contribution in [1.29, 1.82) is 0 Å². The molecular weight excluding hydrogens is 420 g/mol. The molecular formula is C17H17ClN6O2S2. The minimum absolute atomic E-state index is 0.184. The molecule has 4 heterocycles. The molecule has 0 saturated carbocycles. The maximum Gasteiger partial charge on any atom is 0.293 e. The molecule has 0 unspecified atom stereocenters. The van der Waals surface area contributed by atoms with E-state index in [0.29, 0.717) is 33.9 Å². The first-order valence-electron chi connectivity index (χ1n) is 8.29. The van der Waals surface area contributed by atoms with Gasteiger partial charge in [0.1, 0.15) is 15.6 Å². The Morgan fingerprint density at radius 3 is 2.11 bits per heavy atom. The second kappa shape index (κ2) is 6.57. The second-order valence-corrected chi connectivity index (χ2v) is 9.71. The van der Waals surface area contributed by atoms with Crippen LogP contribution in [-0.2, 0) is 24.1 Å². The molecule has 8 nitrogen and oxygen atoms in total. The standard InChI is InChI=1S/C17H17ClN6O2S2/c1-10-12(8-22(3)19-10)16-15(18)17(13-9-23(4)20-11(13)2)24(21-16)28(25,26)14-6-5-7-27-14/h5-9H,1-4H3. The molecule has 0 aliphatic carbocycles. The van der Waals surface area contributed by atoms with Crippen molar-refractivity contribution in [3.05, 3.63) is 46.3 Å². The van der Waals surface area contributed by atoms with Crippen LogP contribution in [0.5, 0.6) is 0 Å². The van der Waals surface area contributed by atoms with Crippen LogP contribution in [-0.4, -0.2) is 37.2 Å². The van der Waals surface area contributed by atoms with Crippen LogP contribution in [0.4, 0.5) is 0 Å². The Morgan fingerprint density at radius 2 is 1.61 bits per heavy atom. The highest BCUT2D eigenvalue weighted by Crippen LogP contribution is 2.40. The van der Waals surface area contributed by atoms with Gasteiger partial charge in [-0.25, -0.2) is 0 Å². The Kier molecular flexibility index (Phi) is 4.44. The van der Waals surface area contributed by atoms with E-state index in [9.17, 15) is 8.42 Å². The Balaban J connectivity index is 2.06. The van der Waals surface area contributed by atoms with Gasteiger partial charge in [0.25, 0.3) is 10.0 Å². The second-order valence-electron chi connectivity index (χ2n) is 6.39. The minimum atomic E-state index is -3.92. The summed E-state index contributed by atoms with van der Waals surface area (Å²) in [6.07, 6.45) is 3.50. The van der Waals surface area contributed by atoms with E-state index in [4.69, 9.17) is 11.6 Å². The first kappa shape index (κ1) is 18.9. The van der Waals surface area contributed by atoms with Gasteiger partial charge in [0.15, 0.2) is 0 Å². The molecule has 11 heteroatoms. The van der Waals surface area contributed by atoms with Crippen LogP contribution in [0.25, 0.3) is 22.5 Å². The summed E-state index contributed by atoms with van der Waals surface area (Å²) in [5, 5.41) is 15.0. The van der Waals surface area contributed by atoms with E-state index >= 15 is 0 Å². The largest absolute Gasteiger partial charge is 0.293 e. The van der Waals surface area contributed by atoms with Crippen LogP contribution in [0.3, 0.4) is 0 Å². The Hall–Kier alpha value is -2.43. The van der Waals surface area contributed by atoms with Crippen molar-refractivity contribution in [3.8, 4) is 22.5 Å². The van der Waals surface area contributed by atoms with Crippen molar-refractivity contribution in [1.82, 2.24) is 28.7 Å². The number of aryl methyl sites for hydroxylation is 4. The van der Waals surface area contributed by atoms with Gasteiger partial charge in [-0.2, -0.15) is 27.8 Å². The fourth-order valence-corrected chi connectivity index (χ4v) is 5.83. The molecule has 4 aromatic rings. The third-order valence-corrected chi connectivity index (χ3v) is 7.62.